The number of hydrogen-bond donors (Lipinski definition) is 1. The van der Waals surface area contributed by atoms with Crippen LogP contribution in [0.4, 0.5) is 13.2 Å². The molecule has 8 heteroatoms. The lowest BCUT2D eigenvalue weighted by Gasteiger charge is -2.16. The summed E-state index contributed by atoms with van der Waals surface area (Å²) in [6.45, 7) is 0. The second-order valence-corrected chi connectivity index (χ2v) is 4.20. The summed E-state index contributed by atoms with van der Waals surface area (Å²) >= 11 is 1.03. The zero-order chi connectivity index (χ0) is 13.2. The van der Waals surface area contributed by atoms with E-state index in [9.17, 15) is 13.2 Å². The van der Waals surface area contributed by atoms with Gasteiger partial charge in [-0.2, -0.15) is 0 Å². The largest absolute Gasteiger partial charge is 0.573 e. The topological polar surface area (TPSA) is 61.0 Å². The SMILES string of the molecule is NC(c1cnns1)c1ccccc1OC(F)(F)F. The van der Waals surface area contributed by atoms with Gasteiger partial charge in [-0.05, 0) is 17.6 Å². The quantitative estimate of drug-likeness (QED) is 0.934. The maximum atomic E-state index is 12.2. The molecule has 0 spiro atoms. The third-order valence-electron chi connectivity index (χ3n) is 2.16. The Hall–Kier alpha value is -1.67. The molecule has 0 radical (unpaired) electrons. The van der Waals surface area contributed by atoms with E-state index in [0.717, 1.165) is 11.5 Å². The number of nitrogens with zero attached hydrogens (tertiary/aromatic N) is 2. The van der Waals surface area contributed by atoms with E-state index in [-0.39, 0.29) is 11.3 Å². The molecule has 1 aromatic carbocycles. The van der Waals surface area contributed by atoms with Gasteiger partial charge in [0.15, 0.2) is 0 Å². The van der Waals surface area contributed by atoms with Gasteiger partial charge in [-0.1, -0.05) is 22.7 Å². The van der Waals surface area contributed by atoms with Gasteiger partial charge in [-0.3, -0.25) is 0 Å². The molecule has 0 fully saturated rings. The van der Waals surface area contributed by atoms with Crippen molar-refractivity contribution in [3.05, 3.63) is 40.9 Å². The minimum Gasteiger partial charge on any atom is -0.405 e. The van der Waals surface area contributed by atoms with Crippen LogP contribution in [0.15, 0.2) is 30.5 Å². The summed E-state index contributed by atoms with van der Waals surface area (Å²) < 4.78 is 44.3. The van der Waals surface area contributed by atoms with Crippen molar-refractivity contribution in [1.29, 1.82) is 0 Å². The normalized spacial score (nSPS) is 13.3. The molecule has 0 amide bonds. The fraction of sp³-hybridized carbons (Fsp3) is 0.200. The van der Waals surface area contributed by atoms with Crippen molar-refractivity contribution in [2.45, 2.75) is 12.4 Å². The number of aromatic nitrogens is 2. The molecule has 0 saturated heterocycles. The highest BCUT2D eigenvalue weighted by atomic mass is 32.1. The fourth-order valence-electron chi connectivity index (χ4n) is 1.42. The molecule has 0 aliphatic rings. The van der Waals surface area contributed by atoms with Gasteiger partial charge in [0.25, 0.3) is 0 Å². The van der Waals surface area contributed by atoms with Crippen LogP contribution in [0, 0.1) is 0 Å². The highest BCUT2D eigenvalue weighted by Gasteiger charge is 2.32. The van der Waals surface area contributed by atoms with Crippen molar-refractivity contribution in [3.8, 4) is 5.75 Å². The third-order valence-corrected chi connectivity index (χ3v) is 2.91. The highest BCUT2D eigenvalue weighted by Crippen LogP contribution is 2.32. The van der Waals surface area contributed by atoms with E-state index in [1.54, 1.807) is 6.07 Å². The van der Waals surface area contributed by atoms with Gasteiger partial charge in [0.2, 0.25) is 0 Å². The Balaban J connectivity index is 2.33. The van der Waals surface area contributed by atoms with Crippen LogP contribution in [0.1, 0.15) is 16.5 Å². The lowest BCUT2D eigenvalue weighted by Crippen LogP contribution is -2.20. The maximum absolute atomic E-state index is 12.2. The molecule has 2 N–H and O–H groups in total. The fourth-order valence-corrected chi connectivity index (χ4v) is 1.94. The van der Waals surface area contributed by atoms with Crippen LogP contribution in [0.25, 0.3) is 0 Å². The molecule has 0 bridgehead atoms. The molecule has 1 aromatic heterocycles. The maximum Gasteiger partial charge on any atom is 0.573 e. The average molecular weight is 275 g/mol. The monoisotopic (exact) mass is 275 g/mol. The molecule has 96 valence electrons. The number of alkyl halides is 3. The van der Waals surface area contributed by atoms with Crippen LogP contribution in [0.3, 0.4) is 0 Å². The van der Waals surface area contributed by atoms with E-state index in [1.807, 2.05) is 0 Å². The number of ether oxygens (including phenoxy) is 1. The highest BCUT2D eigenvalue weighted by molar-refractivity contribution is 7.05. The lowest BCUT2D eigenvalue weighted by atomic mass is 10.1. The zero-order valence-corrected chi connectivity index (χ0v) is 9.70. The summed E-state index contributed by atoms with van der Waals surface area (Å²) in [6.07, 6.45) is -3.33. The van der Waals surface area contributed by atoms with Crippen molar-refractivity contribution >= 4 is 11.5 Å². The molecule has 4 nitrogen and oxygen atoms in total. The third kappa shape index (κ3) is 2.96. The number of para-hydroxylation sites is 1. The van der Waals surface area contributed by atoms with Gasteiger partial charge in [0, 0.05) is 5.56 Å². The Morgan fingerprint density at radius 1 is 1.28 bits per heavy atom. The number of nitrogens with two attached hydrogens (primary N) is 1. The first kappa shape index (κ1) is 12.8. The summed E-state index contributed by atoms with van der Waals surface area (Å²) in [5.74, 6) is -0.314. The molecule has 18 heavy (non-hydrogen) atoms. The van der Waals surface area contributed by atoms with Gasteiger partial charge in [-0.25, -0.2) is 0 Å². The standard InChI is InChI=1S/C10H8F3N3OS/c11-10(12,13)17-7-4-2-1-3-6(7)9(14)8-5-15-16-18-8/h1-5,9H,14H2. The predicted molar refractivity (Wildman–Crippen MR) is 59.1 cm³/mol. The van der Waals surface area contributed by atoms with Crippen LogP contribution in [-0.2, 0) is 0 Å². The summed E-state index contributed by atoms with van der Waals surface area (Å²) in [7, 11) is 0. The zero-order valence-electron chi connectivity index (χ0n) is 8.89. The van der Waals surface area contributed by atoms with Gasteiger partial charge in [-0.15, -0.1) is 18.3 Å². The first-order valence-corrected chi connectivity index (χ1v) is 5.62. The van der Waals surface area contributed by atoms with E-state index >= 15 is 0 Å². The summed E-state index contributed by atoms with van der Waals surface area (Å²) in [6, 6.07) is 4.99. The van der Waals surface area contributed by atoms with Crippen LogP contribution in [-0.4, -0.2) is 15.9 Å². The molecule has 2 rings (SSSR count). The van der Waals surface area contributed by atoms with Crippen molar-refractivity contribution in [2.24, 2.45) is 5.73 Å². The second kappa shape index (κ2) is 4.91. The van der Waals surface area contributed by atoms with Crippen molar-refractivity contribution in [2.75, 3.05) is 0 Å². The first-order chi connectivity index (χ1) is 8.47. The summed E-state index contributed by atoms with van der Waals surface area (Å²) in [4.78, 5) is 0.563. The van der Waals surface area contributed by atoms with Crippen LogP contribution < -0.4 is 10.5 Å². The van der Waals surface area contributed by atoms with Gasteiger partial charge < -0.3 is 10.5 Å². The summed E-state index contributed by atoms with van der Waals surface area (Å²) in [5.41, 5.74) is 6.10. The molecule has 2 aromatic rings. The molecule has 0 aliphatic heterocycles. The van der Waals surface area contributed by atoms with Crippen molar-refractivity contribution in [3.63, 3.8) is 0 Å². The lowest BCUT2D eigenvalue weighted by molar-refractivity contribution is -0.274. The van der Waals surface area contributed by atoms with Crippen LogP contribution in [0.5, 0.6) is 5.75 Å². The second-order valence-electron chi connectivity index (χ2n) is 3.38. The van der Waals surface area contributed by atoms with Crippen LogP contribution >= 0.6 is 11.5 Å². The Morgan fingerprint density at radius 2 is 2.00 bits per heavy atom. The van der Waals surface area contributed by atoms with Gasteiger partial charge >= 0.3 is 6.36 Å². The Labute approximate surface area is 104 Å². The Kier molecular flexibility index (Phi) is 3.48. The van der Waals surface area contributed by atoms with Gasteiger partial charge in [0.05, 0.1) is 17.1 Å². The number of rotatable bonds is 3. The molecule has 1 heterocycles. The van der Waals surface area contributed by atoms with Gasteiger partial charge in [0.1, 0.15) is 5.75 Å². The van der Waals surface area contributed by atoms with E-state index in [4.69, 9.17) is 5.73 Å². The minimum absolute atomic E-state index is 0.237. The predicted octanol–water partition coefficient (Wildman–Crippen LogP) is 2.48. The van der Waals surface area contributed by atoms with E-state index in [0.29, 0.717) is 4.88 Å². The van der Waals surface area contributed by atoms with E-state index < -0.39 is 12.4 Å². The molecule has 1 atom stereocenters. The Morgan fingerprint density at radius 3 is 2.61 bits per heavy atom. The molecule has 0 aliphatic carbocycles. The molecule has 0 saturated carbocycles. The average Bonchev–Trinajstić information content (AvgIpc) is 2.80. The van der Waals surface area contributed by atoms with Crippen molar-refractivity contribution in [1.82, 2.24) is 9.59 Å². The summed E-state index contributed by atoms with van der Waals surface area (Å²) in [5, 5.41) is 3.60. The Bertz CT molecular complexity index is 515. The number of benzene rings is 1. The smallest absolute Gasteiger partial charge is 0.405 e. The van der Waals surface area contributed by atoms with Crippen molar-refractivity contribution < 1.29 is 17.9 Å². The number of hydrogen-bond acceptors (Lipinski definition) is 5. The van der Waals surface area contributed by atoms with E-state index in [1.165, 1.54) is 24.4 Å². The van der Waals surface area contributed by atoms with E-state index in [2.05, 4.69) is 14.3 Å². The molecular weight excluding hydrogens is 267 g/mol. The molecular formula is C10H8F3N3OS. The minimum atomic E-state index is -4.75. The van der Waals surface area contributed by atoms with Crippen LogP contribution in [0.2, 0.25) is 0 Å². The number of halogens is 3. The molecule has 1 unspecified atom stereocenters. The first-order valence-electron chi connectivity index (χ1n) is 4.85.